The minimum absolute atomic E-state index is 0.188. The zero-order chi connectivity index (χ0) is 19.3. The van der Waals surface area contributed by atoms with Crippen molar-refractivity contribution in [3.63, 3.8) is 0 Å². The molecule has 7 nitrogen and oxygen atoms in total. The fourth-order valence-corrected chi connectivity index (χ4v) is 2.53. The topological polar surface area (TPSA) is 82.1 Å². The Morgan fingerprint density at radius 3 is 2.04 bits per heavy atom. The number of carbonyl (C=O) groups excluding carboxylic acids is 3. The summed E-state index contributed by atoms with van der Waals surface area (Å²) in [5.74, 6) is -2.51. The van der Waals surface area contributed by atoms with Gasteiger partial charge < -0.3 is 14.2 Å². The van der Waals surface area contributed by atoms with Gasteiger partial charge in [0.25, 0.3) is 5.79 Å². The summed E-state index contributed by atoms with van der Waals surface area (Å²) in [6, 6.07) is 6.68. The molecule has 0 unspecified atom stereocenters. The zero-order valence-corrected chi connectivity index (χ0v) is 15.4. The van der Waals surface area contributed by atoms with E-state index in [1.165, 1.54) is 18.2 Å². The second-order valence-corrected chi connectivity index (χ2v) is 5.75. The highest BCUT2D eigenvalue weighted by Crippen LogP contribution is 2.30. The second-order valence-electron chi connectivity index (χ2n) is 5.75. The maximum atomic E-state index is 12.4. The zero-order valence-electron chi connectivity index (χ0n) is 15.4. The summed E-state index contributed by atoms with van der Waals surface area (Å²) in [5.41, 5.74) is 0.175. The molecule has 1 aromatic carbocycles. The summed E-state index contributed by atoms with van der Waals surface area (Å²) in [6.45, 7) is 5.22. The van der Waals surface area contributed by atoms with Gasteiger partial charge in [0.1, 0.15) is 5.75 Å². The maximum absolute atomic E-state index is 12.4. The molecule has 0 aromatic heterocycles. The first kappa shape index (κ1) is 19.5. The third-order valence-electron chi connectivity index (χ3n) is 4.25. The number of rotatable bonds is 6. The van der Waals surface area contributed by atoms with Gasteiger partial charge in [0.05, 0.1) is 7.11 Å². The fourth-order valence-electron chi connectivity index (χ4n) is 2.53. The fraction of sp³-hybridized carbons (Fsp3) is 0.421. The van der Waals surface area contributed by atoms with E-state index < -0.39 is 17.7 Å². The molecule has 1 fully saturated rings. The van der Waals surface area contributed by atoms with E-state index in [0.717, 1.165) is 0 Å². The number of cyclic esters (lactones) is 2. The Balaban J connectivity index is 2.39. The van der Waals surface area contributed by atoms with Gasteiger partial charge in [0.2, 0.25) is 5.91 Å². The Bertz CT molecular complexity index is 696. The first-order valence-electron chi connectivity index (χ1n) is 8.54. The molecule has 0 spiro atoms. The molecular weight excluding hydrogens is 338 g/mol. The van der Waals surface area contributed by atoms with Gasteiger partial charge >= 0.3 is 11.9 Å². The van der Waals surface area contributed by atoms with Crippen LogP contribution < -0.4 is 9.64 Å². The molecule has 1 saturated heterocycles. The van der Waals surface area contributed by atoms with Gasteiger partial charge in [-0.25, -0.2) is 9.59 Å². The molecule has 1 amide bonds. The number of amides is 1. The summed E-state index contributed by atoms with van der Waals surface area (Å²) in [7, 11) is 1.54. The molecule has 0 atom stereocenters. The van der Waals surface area contributed by atoms with Gasteiger partial charge in [-0.05, 0) is 24.3 Å². The standard InChI is InChI=1S/C19H23NO6/c1-5-16(21)20(13-8-10-14(24-4)11-9-13)12-15-17(22)25-19(6-2,7-3)26-18(15)23/h8-12H,5-7H2,1-4H3. The SMILES string of the molecule is CCC(=O)N(C=C1C(=O)OC(CC)(CC)OC1=O)c1ccc(OC)cc1. The van der Waals surface area contributed by atoms with Gasteiger partial charge in [-0.1, -0.05) is 20.8 Å². The van der Waals surface area contributed by atoms with Crippen LogP contribution >= 0.6 is 0 Å². The van der Waals surface area contributed by atoms with Gasteiger partial charge in [0.15, 0.2) is 5.57 Å². The molecule has 26 heavy (non-hydrogen) atoms. The first-order valence-corrected chi connectivity index (χ1v) is 8.54. The highest BCUT2D eigenvalue weighted by atomic mass is 16.7. The van der Waals surface area contributed by atoms with Crippen LogP contribution in [0.4, 0.5) is 5.69 Å². The number of nitrogens with zero attached hydrogens (tertiary/aromatic N) is 1. The molecule has 2 rings (SSSR count). The lowest BCUT2D eigenvalue weighted by molar-refractivity contribution is -0.237. The van der Waals surface area contributed by atoms with Crippen molar-refractivity contribution in [1.29, 1.82) is 0 Å². The summed E-state index contributed by atoms with van der Waals surface area (Å²) in [4.78, 5) is 38.3. The Hall–Kier alpha value is -2.83. The number of esters is 2. The van der Waals surface area contributed by atoms with Crippen LogP contribution in [-0.4, -0.2) is 30.7 Å². The van der Waals surface area contributed by atoms with Crippen molar-refractivity contribution in [3.8, 4) is 5.75 Å². The molecule has 140 valence electrons. The summed E-state index contributed by atoms with van der Waals surface area (Å²) >= 11 is 0. The Kier molecular flexibility index (Phi) is 6.02. The van der Waals surface area contributed by atoms with Crippen molar-refractivity contribution >= 4 is 23.5 Å². The van der Waals surface area contributed by atoms with E-state index in [1.807, 2.05) is 0 Å². The van der Waals surface area contributed by atoms with Crippen LogP contribution in [0.15, 0.2) is 36.0 Å². The molecule has 0 radical (unpaired) electrons. The predicted octanol–water partition coefficient (Wildman–Crippen LogP) is 2.94. The number of benzene rings is 1. The van der Waals surface area contributed by atoms with Crippen molar-refractivity contribution < 1.29 is 28.6 Å². The molecular formula is C19H23NO6. The van der Waals surface area contributed by atoms with E-state index in [4.69, 9.17) is 14.2 Å². The average Bonchev–Trinajstić information content (AvgIpc) is 2.67. The van der Waals surface area contributed by atoms with Gasteiger partial charge in [0, 0.05) is 31.1 Å². The monoisotopic (exact) mass is 361 g/mol. The molecule has 1 aromatic rings. The van der Waals surface area contributed by atoms with E-state index in [1.54, 1.807) is 45.0 Å². The van der Waals surface area contributed by atoms with E-state index >= 15 is 0 Å². The number of methoxy groups -OCH3 is 1. The smallest absolute Gasteiger partial charge is 0.350 e. The van der Waals surface area contributed by atoms with Crippen LogP contribution in [0.1, 0.15) is 40.0 Å². The van der Waals surface area contributed by atoms with Crippen molar-refractivity contribution in [1.82, 2.24) is 0 Å². The molecule has 7 heteroatoms. The number of carbonyl (C=O) groups is 3. The molecule has 0 N–H and O–H groups in total. The van der Waals surface area contributed by atoms with Crippen molar-refractivity contribution in [3.05, 3.63) is 36.0 Å². The average molecular weight is 361 g/mol. The molecule has 0 saturated carbocycles. The van der Waals surface area contributed by atoms with Crippen LogP contribution in [0.2, 0.25) is 0 Å². The van der Waals surface area contributed by atoms with E-state index in [-0.39, 0.29) is 17.9 Å². The summed E-state index contributed by atoms with van der Waals surface area (Å²) < 4.78 is 15.8. The number of anilines is 1. The van der Waals surface area contributed by atoms with Gasteiger partial charge in [-0.3, -0.25) is 9.69 Å². The van der Waals surface area contributed by atoms with Crippen LogP contribution in [0, 0.1) is 0 Å². The quantitative estimate of drug-likeness (QED) is 0.440. The minimum Gasteiger partial charge on any atom is -0.497 e. The van der Waals surface area contributed by atoms with Gasteiger partial charge in [-0.15, -0.1) is 0 Å². The van der Waals surface area contributed by atoms with Crippen molar-refractivity contribution in [2.24, 2.45) is 0 Å². The molecule has 1 aliphatic rings. The van der Waals surface area contributed by atoms with Crippen LogP contribution in [-0.2, 0) is 23.9 Å². The first-order chi connectivity index (χ1) is 12.4. The second kappa shape index (κ2) is 8.03. The molecule has 1 heterocycles. The van der Waals surface area contributed by atoms with Crippen molar-refractivity contribution in [2.45, 2.75) is 45.8 Å². The normalized spacial score (nSPS) is 15.8. The Labute approximate surface area is 152 Å². The summed E-state index contributed by atoms with van der Waals surface area (Å²) in [6.07, 6.45) is 2.07. The van der Waals surface area contributed by atoms with Crippen molar-refractivity contribution in [2.75, 3.05) is 12.0 Å². The maximum Gasteiger partial charge on any atom is 0.350 e. The minimum atomic E-state index is -1.24. The van der Waals surface area contributed by atoms with Gasteiger partial charge in [-0.2, -0.15) is 0 Å². The number of ether oxygens (including phenoxy) is 3. The van der Waals surface area contributed by atoms with E-state index in [0.29, 0.717) is 24.3 Å². The van der Waals surface area contributed by atoms with E-state index in [2.05, 4.69) is 0 Å². The third-order valence-corrected chi connectivity index (χ3v) is 4.25. The van der Waals surface area contributed by atoms with Crippen LogP contribution in [0.3, 0.4) is 0 Å². The van der Waals surface area contributed by atoms with E-state index in [9.17, 15) is 14.4 Å². The highest BCUT2D eigenvalue weighted by Gasteiger charge is 2.44. The lowest BCUT2D eigenvalue weighted by atomic mass is 10.1. The predicted molar refractivity (Wildman–Crippen MR) is 94.4 cm³/mol. The lowest BCUT2D eigenvalue weighted by Crippen LogP contribution is -2.46. The van der Waals surface area contributed by atoms with Crippen LogP contribution in [0.5, 0.6) is 5.75 Å². The number of hydrogen-bond acceptors (Lipinski definition) is 6. The number of hydrogen-bond donors (Lipinski definition) is 0. The summed E-state index contributed by atoms with van der Waals surface area (Å²) in [5, 5.41) is 0. The molecule has 0 aliphatic carbocycles. The Morgan fingerprint density at radius 1 is 1.08 bits per heavy atom. The molecule has 0 bridgehead atoms. The van der Waals surface area contributed by atoms with Crippen LogP contribution in [0.25, 0.3) is 0 Å². The lowest BCUT2D eigenvalue weighted by Gasteiger charge is -2.35. The third kappa shape index (κ3) is 3.87. The highest BCUT2D eigenvalue weighted by molar-refractivity contribution is 6.16. The largest absolute Gasteiger partial charge is 0.497 e. The molecule has 1 aliphatic heterocycles. The Morgan fingerprint density at radius 2 is 1.62 bits per heavy atom.